The lowest BCUT2D eigenvalue weighted by Gasteiger charge is -2.07. The first-order chi connectivity index (χ1) is 12.7. The number of benzene rings is 2. The van der Waals surface area contributed by atoms with Gasteiger partial charge in [0.05, 0.1) is 5.56 Å². The smallest absolute Gasteiger partial charge is 0.357 e. The van der Waals surface area contributed by atoms with Crippen LogP contribution in [-0.4, -0.2) is 16.9 Å². The Kier molecular flexibility index (Phi) is 5.72. The van der Waals surface area contributed by atoms with E-state index < -0.39 is 11.9 Å². The fourth-order valence-corrected chi connectivity index (χ4v) is 2.27. The van der Waals surface area contributed by atoms with E-state index in [1.54, 1.807) is 0 Å². The molecular weight excluding hydrogens is 330 g/mol. The number of rotatable bonds is 6. The Morgan fingerprint density at radius 2 is 1.27 bits per heavy atom. The fraction of sp³-hybridized carbons (Fsp3) is 0.0952. The number of ether oxygens (including phenoxy) is 2. The zero-order chi connectivity index (χ0) is 18.2. The number of carbonyl (C=O) groups excluding carboxylic acids is 2. The van der Waals surface area contributed by atoms with Gasteiger partial charge in [-0.2, -0.15) is 0 Å². The molecule has 0 saturated carbocycles. The molecule has 0 saturated heterocycles. The summed E-state index contributed by atoms with van der Waals surface area (Å²) in [5, 5.41) is 0. The molecule has 26 heavy (non-hydrogen) atoms. The minimum absolute atomic E-state index is 0.0649. The maximum absolute atomic E-state index is 12.2. The molecule has 0 spiro atoms. The predicted molar refractivity (Wildman–Crippen MR) is 95.4 cm³/mol. The molecule has 1 heterocycles. The Labute approximate surface area is 151 Å². The predicted octanol–water partition coefficient (Wildman–Crippen LogP) is 3.80. The molecule has 2 aromatic carbocycles. The lowest BCUT2D eigenvalue weighted by atomic mass is 10.2. The molecule has 5 heteroatoms. The van der Waals surface area contributed by atoms with Gasteiger partial charge in [0.25, 0.3) is 0 Å². The largest absolute Gasteiger partial charge is 0.457 e. The van der Waals surface area contributed by atoms with E-state index in [1.165, 1.54) is 18.3 Å². The van der Waals surface area contributed by atoms with Gasteiger partial charge in [-0.3, -0.25) is 0 Å². The van der Waals surface area contributed by atoms with Crippen molar-refractivity contribution in [2.75, 3.05) is 0 Å². The maximum Gasteiger partial charge on any atom is 0.357 e. The molecule has 1 aromatic heterocycles. The normalized spacial score (nSPS) is 10.2. The van der Waals surface area contributed by atoms with Crippen LogP contribution in [0.25, 0.3) is 0 Å². The van der Waals surface area contributed by atoms with Gasteiger partial charge in [0.15, 0.2) is 0 Å². The molecule has 0 aliphatic carbocycles. The Balaban J connectivity index is 1.60. The Morgan fingerprint density at radius 1 is 0.731 bits per heavy atom. The third-order valence-electron chi connectivity index (χ3n) is 3.63. The number of hydrogen-bond acceptors (Lipinski definition) is 5. The number of aromatic nitrogens is 1. The molecule has 0 amide bonds. The summed E-state index contributed by atoms with van der Waals surface area (Å²) in [5.41, 5.74) is 2.08. The average molecular weight is 347 g/mol. The SMILES string of the molecule is O=C(OCc1ccccc1)c1ccnc(C(=O)OCc2ccccc2)c1. The topological polar surface area (TPSA) is 65.5 Å². The van der Waals surface area contributed by atoms with Gasteiger partial charge < -0.3 is 9.47 Å². The van der Waals surface area contributed by atoms with Crippen molar-refractivity contribution in [2.24, 2.45) is 0 Å². The van der Waals surface area contributed by atoms with Gasteiger partial charge in [-0.15, -0.1) is 0 Å². The minimum Gasteiger partial charge on any atom is -0.457 e. The number of pyridine rings is 1. The van der Waals surface area contributed by atoms with Gasteiger partial charge in [-0.05, 0) is 23.3 Å². The Bertz CT molecular complexity index is 808. The van der Waals surface area contributed by atoms with E-state index in [2.05, 4.69) is 4.98 Å². The van der Waals surface area contributed by atoms with Crippen LogP contribution in [0.2, 0.25) is 0 Å². The first kappa shape index (κ1) is 17.4. The number of carbonyl (C=O) groups is 2. The van der Waals surface area contributed by atoms with E-state index in [0.717, 1.165) is 11.1 Å². The summed E-state index contributed by atoms with van der Waals surface area (Å²) in [7, 11) is 0. The van der Waals surface area contributed by atoms with Crippen LogP contribution in [0.5, 0.6) is 0 Å². The van der Waals surface area contributed by atoms with Crippen LogP contribution in [0.3, 0.4) is 0 Å². The molecule has 130 valence electrons. The van der Waals surface area contributed by atoms with Crippen molar-refractivity contribution >= 4 is 11.9 Å². The van der Waals surface area contributed by atoms with E-state index in [0.29, 0.717) is 0 Å². The quantitative estimate of drug-likeness (QED) is 0.635. The van der Waals surface area contributed by atoms with Crippen LogP contribution < -0.4 is 0 Å². The fourth-order valence-electron chi connectivity index (χ4n) is 2.27. The Morgan fingerprint density at radius 3 is 1.85 bits per heavy atom. The third-order valence-corrected chi connectivity index (χ3v) is 3.63. The molecule has 3 rings (SSSR count). The molecule has 5 nitrogen and oxygen atoms in total. The summed E-state index contributed by atoms with van der Waals surface area (Å²) in [4.78, 5) is 28.3. The second-order valence-electron chi connectivity index (χ2n) is 5.55. The minimum atomic E-state index is -0.591. The second-order valence-corrected chi connectivity index (χ2v) is 5.55. The lowest BCUT2D eigenvalue weighted by molar-refractivity contribution is 0.0464. The van der Waals surface area contributed by atoms with Crippen molar-refractivity contribution in [1.29, 1.82) is 0 Å². The molecule has 0 fully saturated rings. The van der Waals surface area contributed by atoms with Crippen molar-refractivity contribution in [1.82, 2.24) is 4.98 Å². The van der Waals surface area contributed by atoms with Gasteiger partial charge in [-0.25, -0.2) is 14.6 Å². The van der Waals surface area contributed by atoms with Crippen molar-refractivity contribution < 1.29 is 19.1 Å². The summed E-state index contributed by atoms with van der Waals surface area (Å²) < 4.78 is 10.5. The van der Waals surface area contributed by atoms with E-state index in [4.69, 9.17) is 9.47 Å². The molecular formula is C21H17NO4. The van der Waals surface area contributed by atoms with Gasteiger partial charge in [0.2, 0.25) is 0 Å². The van der Waals surface area contributed by atoms with Gasteiger partial charge in [-0.1, -0.05) is 60.7 Å². The Hall–Kier alpha value is -3.47. The van der Waals surface area contributed by atoms with Crippen LogP contribution in [-0.2, 0) is 22.7 Å². The molecule has 0 unspecified atom stereocenters. The van der Waals surface area contributed by atoms with Crippen LogP contribution in [0, 0.1) is 0 Å². The summed E-state index contributed by atoms with van der Waals surface area (Å²) in [5.74, 6) is -1.11. The zero-order valence-electron chi connectivity index (χ0n) is 14.0. The van der Waals surface area contributed by atoms with Crippen molar-refractivity contribution in [3.8, 4) is 0 Å². The molecule has 0 atom stereocenters. The van der Waals surface area contributed by atoms with Crippen molar-refractivity contribution in [2.45, 2.75) is 13.2 Å². The highest BCUT2D eigenvalue weighted by Crippen LogP contribution is 2.09. The first-order valence-electron chi connectivity index (χ1n) is 8.10. The molecule has 0 aliphatic heterocycles. The zero-order valence-corrected chi connectivity index (χ0v) is 14.0. The summed E-state index contributed by atoms with van der Waals surface area (Å²) in [6.45, 7) is 0.305. The number of hydrogen-bond donors (Lipinski definition) is 0. The summed E-state index contributed by atoms with van der Waals surface area (Å²) in [6.07, 6.45) is 1.39. The van der Waals surface area contributed by atoms with Crippen molar-refractivity contribution in [3.63, 3.8) is 0 Å². The van der Waals surface area contributed by atoms with Gasteiger partial charge in [0.1, 0.15) is 18.9 Å². The first-order valence-corrected chi connectivity index (χ1v) is 8.10. The molecule has 0 bridgehead atoms. The van der Waals surface area contributed by atoms with Gasteiger partial charge >= 0.3 is 11.9 Å². The van der Waals surface area contributed by atoms with E-state index in [-0.39, 0.29) is 24.5 Å². The highest BCUT2D eigenvalue weighted by molar-refractivity contribution is 5.93. The van der Waals surface area contributed by atoms with Crippen LogP contribution in [0.1, 0.15) is 32.0 Å². The van der Waals surface area contributed by atoms with Crippen LogP contribution in [0.15, 0.2) is 79.0 Å². The van der Waals surface area contributed by atoms with Crippen molar-refractivity contribution in [3.05, 3.63) is 101 Å². The molecule has 3 aromatic rings. The molecule has 0 aliphatic rings. The van der Waals surface area contributed by atoms with Gasteiger partial charge in [0, 0.05) is 6.20 Å². The third kappa shape index (κ3) is 4.77. The lowest BCUT2D eigenvalue weighted by Crippen LogP contribution is -2.11. The second kappa shape index (κ2) is 8.58. The molecule has 0 radical (unpaired) electrons. The monoisotopic (exact) mass is 347 g/mol. The standard InChI is InChI=1S/C21H17NO4/c23-20(25-14-16-7-3-1-4-8-16)18-11-12-22-19(13-18)21(24)26-15-17-9-5-2-6-10-17/h1-13H,14-15H2. The number of esters is 2. The average Bonchev–Trinajstić information content (AvgIpc) is 2.72. The highest BCUT2D eigenvalue weighted by Gasteiger charge is 2.14. The van der Waals surface area contributed by atoms with E-state index >= 15 is 0 Å². The van der Waals surface area contributed by atoms with Crippen LogP contribution in [0.4, 0.5) is 0 Å². The van der Waals surface area contributed by atoms with E-state index in [1.807, 2.05) is 60.7 Å². The van der Waals surface area contributed by atoms with Crippen LogP contribution >= 0.6 is 0 Å². The number of nitrogens with zero attached hydrogens (tertiary/aromatic N) is 1. The van der Waals surface area contributed by atoms with E-state index in [9.17, 15) is 9.59 Å². The maximum atomic E-state index is 12.2. The highest BCUT2D eigenvalue weighted by atomic mass is 16.5. The summed E-state index contributed by atoms with van der Waals surface area (Å²) in [6, 6.07) is 21.6. The molecule has 0 N–H and O–H groups in total. The summed E-state index contributed by atoms with van der Waals surface area (Å²) >= 11 is 0.